The molecular weight excluding hydrogens is 312 g/mol. The molecule has 0 aliphatic carbocycles. The van der Waals surface area contributed by atoms with Gasteiger partial charge in [-0.3, -0.25) is 0 Å². The molecule has 6 nitrogen and oxygen atoms in total. The molecule has 1 aromatic carbocycles. The van der Waals surface area contributed by atoms with Crippen LogP contribution in [0, 0.1) is 5.92 Å². The number of benzene rings is 1. The second-order valence-electron chi connectivity index (χ2n) is 5.37. The highest BCUT2D eigenvalue weighted by Crippen LogP contribution is 2.36. The molecule has 0 aromatic heterocycles. The Morgan fingerprint density at radius 3 is 2.04 bits per heavy atom. The van der Waals surface area contributed by atoms with Crippen LogP contribution in [-0.4, -0.2) is 32.3 Å². The van der Waals surface area contributed by atoms with Crippen molar-refractivity contribution in [1.29, 1.82) is 0 Å². The van der Waals surface area contributed by atoms with Crippen LogP contribution < -0.4 is 14.2 Å². The number of ether oxygens (including phenoxy) is 4. The molecule has 0 aliphatic rings. The fraction of sp³-hybridized carbons (Fsp3) is 0.444. The molecule has 0 amide bonds. The van der Waals surface area contributed by atoms with Gasteiger partial charge in [-0.2, -0.15) is 0 Å². The van der Waals surface area contributed by atoms with Crippen molar-refractivity contribution >= 4 is 11.9 Å². The van der Waals surface area contributed by atoms with E-state index in [0.717, 1.165) is 12.2 Å². The Morgan fingerprint density at radius 1 is 1.04 bits per heavy atom. The van der Waals surface area contributed by atoms with Crippen molar-refractivity contribution in [2.45, 2.75) is 33.3 Å². The van der Waals surface area contributed by atoms with Gasteiger partial charge in [0.25, 0.3) is 0 Å². The third kappa shape index (κ3) is 5.61. The molecule has 24 heavy (non-hydrogen) atoms. The minimum absolute atomic E-state index is 0.152. The molecule has 0 heterocycles. The average molecular weight is 336 g/mol. The van der Waals surface area contributed by atoms with Gasteiger partial charge in [0, 0.05) is 12.2 Å². The topological polar surface area (TPSA) is 71.1 Å². The van der Waals surface area contributed by atoms with Gasteiger partial charge in [-0.15, -0.1) is 0 Å². The van der Waals surface area contributed by atoms with Gasteiger partial charge in [0.1, 0.15) is 6.10 Å². The third-order valence-corrected chi connectivity index (χ3v) is 3.35. The summed E-state index contributed by atoms with van der Waals surface area (Å²) in [6, 6.07) is 4.98. The third-order valence-electron chi connectivity index (χ3n) is 3.35. The lowest BCUT2D eigenvalue weighted by atomic mass is 10.1. The van der Waals surface area contributed by atoms with Gasteiger partial charge in [-0.25, -0.2) is 9.59 Å². The van der Waals surface area contributed by atoms with Crippen LogP contribution >= 0.6 is 0 Å². The number of rotatable bonds is 8. The molecule has 1 atom stereocenters. The maximum atomic E-state index is 11.9. The summed E-state index contributed by atoms with van der Waals surface area (Å²) in [6.07, 6.45) is 2.59. The lowest BCUT2D eigenvalue weighted by Crippen LogP contribution is -2.22. The Labute approximate surface area is 142 Å². The van der Waals surface area contributed by atoms with Crippen molar-refractivity contribution in [3.8, 4) is 17.2 Å². The minimum Gasteiger partial charge on any atom is -0.493 e. The number of carbonyl (C=O) groups excluding carboxylic acids is 2. The molecule has 1 unspecified atom stereocenters. The number of esters is 2. The van der Waals surface area contributed by atoms with Gasteiger partial charge >= 0.3 is 11.9 Å². The van der Waals surface area contributed by atoms with Crippen LogP contribution in [0.5, 0.6) is 17.2 Å². The highest BCUT2D eigenvalue weighted by Gasteiger charge is 2.16. The van der Waals surface area contributed by atoms with Crippen molar-refractivity contribution in [3.63, 3.8) is 0 Å². The first-order valence-electron chi connectivity index (χ1n) is 7.74. The van der Waals surface area contributed by atoms with Crippen molar-refractivity contribution in [1.82, 2.24) is 0 Å². The van der Waals surface area contributed by atoms with Gasteiger partial charge in [0.05, 0.1) is 14.2 Å². The summed E-state index contributed by atoms with van der Waals surface area (Å²) in [5.41, 5.74) is 0. The number of para-hydroxylation sites is 1. The normalized spacial score (nSPS) is 12.1. The van der Waals surface area contributed by atoms with E-state index < -0.39 is 11.9 Å². The maximum absolute atomic E-state index is 11.9. The smallest absolute Gasteiger partial charge is 0.336 e. The largest absolute Gasteiger partial charge is 0.493 e. The molecule has 0 spiro atoms. The molecule has 0 radical (unpaired) electrons. The van der Waals surface area contributed by atoms with Crippen molar-refractivity contribution < 1.29 is 28.5 Å². The van der Waals surface area contributed by atoms with Crippen molar-refractivity contribution in [2.24, 2.45) is 5.92 Å². The lowest BCUT2D eigenvalue weighted by Gasteiger charge is -2.18. The highest BCUT2D eigenvalue weighted by atomic mass is 16.6. The molecule has 0 saturated carbocycles. The zero-order chi connectivity index (χ0) is 18.1. The molecule has 0 saturated heterocycles. The van der Waals surface area contributed by atoms with Crippen molar-refractivity contribution in [3.05, 3.63) is 30.4 Å². The number of hydrogen-bond donors (Lipinski definition) is 0. The predicted molar refractivity (Wildman–Crippen MR) is 89.3 cm³/mol. The molecular formula is C18H24O6. The van der Waals surface area contributed by atoms with E-state index in [0.29, 0.717) is 17.9 Å². The monoisotopic (exact) mass is 336 g/mol. The van der Waals surface area contributed by atoms with Crippen LogP contribution in [0.3, 0.4) is 0 Å². The van der Waals surface area contributed by atoms with Crippen LogP contribution in [0.25, 0.3) is 0 Å². The number of carbonyl (C=O) groups is 2. The van der Waals surface area contributed by atoms with E-state index in [1.807, 2.05) is 20.8 Å². The standard InChI is InChI=1S/C18H24O6/c1-6-13(12(2)3)23-16(19)10-11-17(20)24-18-14(21-4)8-7-9-15(18)22-5/h7-13H,6H2,1-5H3/b11-10+. The molecule has 0 bridgehead atoms. The summed E-state index contributed by atoms with van der Waals surface area (Å²) in [4.78, 5) is 23.7. The lowest BCUT2D eigenvalue weighted by molar-refractivity contribution is -0.145. The first-order chi connectivity index (χ1) is 11.4. The first kappa shape index (κ1) is 19.5. The second-order valence-corrected chi connectivity index (χ2v) is 5.37. The van der Waals surface area contributed by atoms with E-state index in [9.17, 15) is 9.59 Å². The Kier molecular flexibility index (Phi) is 7.82. The molecule has 0 N–H and O–H groups in total. The van der Waals surface area contributed by atoms with Gasteiger partial charge in [0.15, 0.2) is 11.5 Å². The molecule has 1 rings (SSSR count). The predicted octanol–water partition coefficient (Wildman–Crippen LogP) is 3.14. The van der Waals surface area contributed by atoms with Crippen LogP contribution in [0.1, 0.15) is 27.2 Å². The van der Waals surface area contributed by atoms with Crippen LogP contribution in [0.15, 0.2) is 30.4 Å². The van der Waals surface area contributed by atoms with Crippen LogP contribution in [0.2, 0.25) is 0 Å². The summed E-state index contributed by atoms with van der Waals surface area (Å²) in [7, 11) is 2.91. The zero-order valence-corrected chi connectivity index (χ0v) is 14.7. The first-order valence-corrected chi connectivity index (χ1v) is 7.74. The molecule has 0 aliphatic heterocycles. The fourth-order valence-corrected chi connectivity index (χ4v) is 2.07. The van der Waals surface area contributed by atoms with Crippen molar-refractivity contribution in [2.75, 3.05) is 14.2 Å². The van der Waals surface area contributed by atoms with Gasteiger partial charge in [-0.05, 0) is 24.5 Å². The summed E-state index contributed by atoms with van der Waals surface area (Å²) < 4.78 is 20.7. The number of hydrogen-bond acceptors (Lipinski definition) is 6. The SMILES string of the molecule is CCC(OC(=O)/C=C/C(=O)Oc1c(OC)cccc1OC)C(C)C. The maximum Gasteiger partial charge on any atom is 0.336 e. The summed E-state index contributed by atoms with van der Waals surface area (Å²) in [5.74, 6) is -0.253. The molecule has 132 valence electrons. The van der Waals surface area contributed by atoms with Gasteiger partial charge in [-0.1, -0.05) is 26.8 Å². The van der Waals surface area contributed by atoms with E-state index in [4.69, 9.17) is 18.9 Å². The second kappa shape index (κ2) is 9.60. The molecule has 6 heteroatoms. The van der Waals surface area contributed by atoms with E-state index in [2.05, 4.69) is 0 Å². The Bertz CT molecular complexity index is 569. The minimum atomic E-state index is -0.729. The average Bonchev–Trinajstić information content (AvgIpc) is 2.57. The van der Waals surface area contributed by atoms with E-state index in [1.54, 1.807) is 18.2 Å². The Balaban J connectivity index is 2.74. The Hall–Kier alpha value is -2.50. The van der Waals surface area contributed by atoms with Crippen LogP contribution in [-0.2, 0) is 14.3 Å². The molecule has 0 fully saturated rings. The van der Waals surface area contributed by atoms with E-state index in [1.165, 1.54) is 14.2 Å². The zero-order valence-electron chi connectivity index (χ0n) is 14.7. The molecule has 1 aromatic rings. The number of methoxy groups -OCH3 is 2. The summed E-state index contributed by atoms with van der Waals surface area (Å²) in [5, 5.41) is 0. The quantitative estimate of drug-likeness (QED) is 0.413. The van der Waals surface area contributed by atoms with Gasteiger partial charge < -0.3 is 18.9 Å². The van der Waals surface area contributed by atoms with Gasteiger partial charge in [0.2, 0.25) is 5.75 Å². The Morgan fingerprint density at radius 2 is 1.58 bits per heavy atom. The van der Waals surface area contributed by atoms with Crippen LogP contribution in [0.4, 0.5) is 0 Å². The summed E-state index contributed by atoms with van der Waals surface area (Å²) in [6.45, 7) is 5.87. The summed E-state index contributed by atoms with van der Waals surface area (Å²) >= 11 is 0. The van der Waals surface area contributed by atoms with E-state index >= 15 is 0 Å². The fourth-order valence-electron chi connectivity index (χ4n) is 2.07. The van der Waals surface area contributed by atoms with E-state index in [-0.39, 0.29) is 17.8 Å². The highest BCUT2D eigenvalue weighted by molar-refractivity contribution is 5.93.